The quantitative estimate of drug-likeness (QED) is 0.741. The summed E-state index contributed by atoms with van der Waals surface area (Å²) >= 11 is 0. The highest BCUT2D eigenvalue weighted by atomic mass is 16.2. The molecule has 170 valence electrons. The summed E-state index contributed by atoms with van der Waals surface area (Å²) < 4.78 is 0. The lowest BCUT2D eigenvalue weighted by atomic mass is 9.99. The van der Waals surface area contributed by atoms with Crippen molar-refractivity contribution in [1.29, 1.82) is 0 Å². The van der Waals surface area contributed by atoms with Crippen LogP contribution in [0, 0.1) is 11.8 Å². The Morgan fingerprint density at radius 1 is 1.22 bits per heavy atom. The van der Waals surface area contributed by atoms with Crippen molar-refractivity contribution >= 4 is 29.6 Å². The monoisotopic (exact) mass is 436 g/mol. The van der Waals surface area contributed by atoms with Gasteiger partial charge in [0.2, 0.25) is 5.96 Å². The zero-order chi connectivity index (χ0) is 22.2. The molecule has 2 fully saturated rings. The molecule has 2 N–H and O–H groups in total. The fourth-order valence-corrected chi connectivity index (χ4v) is 4.90. The number of amides is 1. The van der Waals surface area contributed by atoms with Gasteiger partial charge in [0.1, 0.15) is 17.7 Å². The van der Waals surface area contributed by atoms with E-state index in [9.17, 15) is 4.79 Å². The highest BCUT2D eigenvalue weighted by Crippen LogP contribution is 2.35. The van der Waals surface area contributed by atoms with Gasteiger partial charge in [0, 0.05) is 45.0 Å². The summed E-state index contributed by atoms with van der Waals surface area (Å²) in [6, 6.07) is 4.32. The van der Waals surface area contributed by atoms with Gasteiger partial charge in [0.25, 0.3) is 5.91 Å². The molecule has 32 heavy (non-hydrogen) atoms. The molecule has 2 unspecified atom stereocenters. The van der Waals surface area contributed by atoms with Crippen LogP contribution in [0.5, 0.6) is 0 Å². The zero-order valence-electron chi connectivity index (χ0n) is 19.0. The van der Waals surface area contributed by atoms with Crippen molar-refractivity contribution in [2.45, 2.75) is 32.5 Å². The minimum absolute atomic E-state index is 0.0151. The maximum Gasteiger partial charge on any atom is 0.267 e. The highest BCUT2D eigenvalue weighted by Gasteiger charge is 2.44. The Morgan fingerprint density at radius 3 is 2.75 bits per heavy atom. The Kier molecular flexibility index (Phi) is 5.58. The number of nitrogens with one attached hydrogen (secondary N) is 2. The molecule has 0 saturated carbocycles. The van der Waals surface area contributed by atoms with Gasteiger partial charge in [-0.15, -0.1) is 0 Å². The number of carbonyl (C=O) groups excluding carboxylic acids is 1. The predicted molar refractivity (Wildman–Crippen MR) is 127 cm³/mol. The van der Waals surface area contributed by atoms with Crippen LogP contribution in [-0.2, 0) is 4.79 Å². The highest BCUT2D eigenvalue weighted by molar-refractivity contribution is 6.01. The molecular weight excluding hydrogens is 404 g/mol. The van der Waals surface area contributed by atoms with E-state index in [1.807, 2.05) is 24.6 Å². The second-order valence-electron chi connectivity index (χ2n) is 9.49. The lowest BCUT2D eigenvalue weighted by Gasteiger charge is -2.40. The second kappa shape index (κ2) is 8.54. The van der Waals surface area contributed by atoms with Gasteiger partial charge in [-0.2, -0.15) is 0 Å². The molecule has 4 aliphatic rings. The summed E-state index contributed by atoms with van der Waals surface area (Å²) in [5, 5.41) is 6.29. The van der Waals surface area contributed by atoms with E-state index < -0.39 is 0 Å². The summed E-state index contributed by atoms with van der Waals surface area (Å²) in [5.74, 6) is 1.80. The van der Waals surface area contributed by atoms with Gasteiger partial charge in [-0.3, -0.25) is 4.79 Å². The third-order valence-corrected chi connectivity index (χ3v) is 6.61. The van der Waals surface area contributed by atoms with Crippen molar-refractivity contribution in [2.24, 2.45) is 21.8 Å². The molecule has 9 heteroatoms. The van der Waals surface area contributed by atoms with Crippen LogP contribution >= 0.6 is 0 Å². The Morgan fingerprint density at radius 2 is 2.03 bits per heavy atom. The van der Waals surface area contributed by atoms with E-state index in [1.54, 1.807) is 0 Å². The van der Waals surface area contributed by atoms with Gasteiger partial charge in [-0.05, 0) is 37.6 Å². The van der Waals surface area contributed by atoms with Gasteiger partial charge < -0.3 is 25.3 Å². The molecular formula is C23H32N8O. The summed E-state index contributed by atoms with van der Waals surface area (Å²) in [5.41, 5.74) is 1.86. The fraction of sp³-hybridized carbons (Fsp3) is 0.565. The van der Waals surface area contributed by atoms with Crippen LogP contribution in [0.2, 0.25) is 0 Å². The van der Waals surface area contributed by atoms with E-state index in [1.165, 1.54) is 0 Å². The molecule has 0 aromatic carbocycles. The van der Waals surface area contributed by atoms with E-state index in [0.29, 0.717) is 18.4 Å². The van der Waals surface area contributed by atoms with Crippen LogP contribution in [0.15, 0.2) is 40.1 Å². The Hall–Kier alpha value is -2.94. The molecule has 4 aliphatic heterocycles. The number of aromatic nitrogens is 1. The molecule has 0 radical (unpaired) electrons. The number of likely N-dealkylation sites (N-methyl/N-ethyl adjacent to an activating group) is 1. The molecule has 5 heterocycles. The number of carbonyl (C=O) groups is 1. The van der Waals surface area contributed by atoms with Crippen LogP contribution in [0.1, 0.15) is 20.3 Å². The summed E-state index contributed by atoms with van der Waals surface area (Å²) in [6.07, 6.45) is 6.67. The summed E-state index contributed by atoms with van der Waals surface area (Å²) in [6.45, 7) is 9.24. The largest absolute Gasteiger partial charge is 0.368 e. The van der Waals surface area contributed by atoms with Crippen molar-refractivity contribution < 1.29 is 4.79 Å². The second-order valence-corrected chi connectivity index (χ2v) is 9.49. The molecule has 9 nitrogen and oxygen atoms in total. The standard InChI is InChI=1S/C23H32N8O/c1-15(2)10-18-14-25-22(32)19-11-16-12-26-23(28-21(16)31(18)19)27-20-5-4-17(13-24-20)30-8-6-29(3)7-9-30/h4-5,11-13,15-16,18,21H,6-10,14H2,1-3H3,(H,25,32)(H,24,27,28)/t16?,18-,21?/m0/s1. The van der Waals surface area contributed by atoms with Crippen molar-refractivity contribution in [3.63, 3.8) is 0 Å². The van der Waals surface area contributed by atoms with Gasteiger partial charge in [-0.1, -0.05) is 13.8 Å². The Balaban J connectivity index is 1.29. The van der Waals surface area contributed by atoms with Crippen molar-refractivity contribution in [3.8, 4) is 0 Å². The van der Waals surface area contributed by atoms with E-state index in [4.69, 9.17) is 4.99 Å². The molecule has 0 spiro atoms. The molecule has 3 atom stereocenters. The number of nitrogens with zero attached hydrogens (tertiary/aromatic N) is 6. The number of hydrogen-bond acceptors (Lipinski definition) is 8. The molecule has 1 aromatic heterocycles. The molecule has 1 aromatic rings. The molecule has 1 amide bonds. The van der Waals surface area contributed by atoms with Gasteiger partial charge in [0.15, 0.2) is 0 Å². The Labute approximate surface area is 189 Å². The average molecular weight is 437 g/mol. The number of anilines is 2. The molecule has 2 saturated heterocycles. The number of rotatable bonds is 4. The minimum atomic E-state index is -0.135. The van der Waals surface area contributed by atoms with Crippen molar-refractivity contribution in [1.82, 2.24) is 20.1 Å². The van der Waals surface area contributed by atoms with E-state index in [2.05, 4.69) is 62.3 Å². The van der Waals surface area contributed by atoms with E-state index in [0.717, 1.165) is 49.8 Å². The number of aliphatic imine (C=N–C) groups is 2. The van der Waals surface area contributed by atoms with Crippen LogP contribution < -0.4 is 15.5 Å². The first-order valence-electron chi connectivity index (χ1n) is 11.5. The maximum atomic E-state index is 12.5. The van der Waals surface area contributed by atoms with E-state index >= 15 is 0 Å². The number of piperazine rings is 2. The average Bonchev–Trinajstić information content (AvgIpc) is 3.17. The van der Waals surface area contributed by atoms with Crippen LogP contribution in [0.25, 0.3) is 0 Å². The first-order chi connectivity index (χ1) is 15.5. The predicted octanol–water partition coefficient (Wildman–Crippen LogP) is 1.37. The van der Waals surface area contributed by atoms with Crippen LogP contribution in [0.3, 0.4) is 0 Å². The third-order valence-electron chi connectivity index (χ3n) is 6.61. The van der Waals surface area contributed by atoms with Crippen molar-refractivity contribution in [3.05, 3.63) is 30.1 Å². The van der Waals surface area contributed by atoms with Gasteiger partial charge >= 0.3 is 0 Å². The fourth-order valence-electron chi connectivity index (χ4n) is 4.90. The van der Waals surface area contributed by atoms with Crippen LogP contribution in [0.4, 0.5) is 11.5 Å². The number of pyridine rings is 1. The lowest BCUT2D eigenvalue weighted by molar-refractivity contribution is -0.121. The molecule has 5 rings (SSSR count). The Bertz CT molecular complexity index is 945. The van der Waals surface area contributed by atoms with E-state index in [-0.39, 0.29) is 24.0 Å². The normalized spacial score (nSPS) is 27.6. The van der Waals surface area contributed by atoms with Crippen molar-refractivity contribution in [2.75, 3.05) is 50.0 Å². The summed E-state index contributed by atoms with van der Waals surface area (Å²) in [4.78, 5) is 33.3. The maximum absolute atomic E-state index is 12.5. The SMILES string of the molecule is CC(C)C[C@H]1CNC(=O)C2=CC3C=NC(Nc4ccc(N5CCN(C)CC5)cn4)=NC3N21. The first kappa shape index (κ1) is 20.9. The van der Waals surface area contributed by atoms with Crippen LogP contribution in [-0.4, -0.2) is 84.8 Å². The zero-order valence-corrected chi connectivity index (χ0v) is 19.0. The van der Waals surface area contributed by atoms with Gasteiger partial charge in [0.05, 0.1) is 17.8 Å². The van der Waals surface area contributed by atoms with Gasteiger partial charge in [-0.25, -0.2) is 15.0 Å². The smallest absolute Gasteiger partial charge is 0.267 e. The lowest BCUT2D eigenvalue weighted by Crippen LogP contribution is -2.55. The summed E-state index contributed by atoms with van der Waals surface area (Å²) in [7, 11) is 2.16. The number of fused-ring (bicyclic) bond motifs is 3. The molecule has 0 bridgehead atoms. The minimum Gasteiger partial charge on any atom is -0.368 e. The first-order valence-corrected chi connectivity index (χ1v) is 11.5. The molecule has 0 aliphatic carbocycles. The third kappa shape index (κ3) is 4.09. The topological polar surface area (TPSA) is 88.5 Å². The number of guanidine groups is 1. The number of hydrogen-bond donors (Lipinski definition) is 2.